The molecule has 0 saturated carbocycles. The summed E-state index contributed by atoms with van der Waals surface area (Å²) in [5, 5.41) is 14.2. The molecule has 5 nitrogen and oxygen atoms in total. The van der Waals surface area contributed by atoms with Gasteiger partial charge in [0.05, 0.1) is 17.3 Å². The highest BCUT2D eigenvalue weighted by Gasteiger charge is 2.20. The molecule has 0 amide bonds. The Morgan fingerprint density at radius 2 is 2.00 bits per heavy atom. The maximum absolute atomic E-state index is 13.4. The number of hydrogen-bond donors (Lipinski definition) is 1. The Labute approximate surface area is 143 Å². The number of aliphatic hydroxyl groups is 1. The van der Waals surface area contributed by atoms with E-state index in [1.165, 1.54) is 6.07 Å². The van der Waals surface area contributed by atoms with Crippen LogP contribution in [0.2, 0.25) is 5.02 Å². The highest BCUT2D eigenvalue weighted by atomic mass is 35.5. The number of rotatable bonds is 2. The van der Waals surface area contributed by atoms with E-state index in [-0.39, 0.29) is 11.1 Å². The topological polar surface area (TPSA) is 53.7 Å². The number of aromatic nitrogens is 3. The van der Waals surface area contributed by atoms with Crippen molar-refractivity contribution in [2.45, 2.75) is 18.9 Å². The molecule has 2 aromatic heterocycles. The minimum atomic E-state index is -0.447. The average Bonchev–Trinajstić information content (AvgIpc) is 3.02. The quantitative estimate of drug-likeness (QED) is 0.774. The van der Waals surface area contributed by atoms with Gasteiger partial charge in [0.25, 0.3) is 0 Å². The summed E-state index contributed by atoms with van der Waals surface area (Å²) in [6, 6.07) is 6.51. The molecule has 3 heterocycles. The first-order chi connectivity index (χ1) is 11.6. The maximum Gasteiger partial charge on any atom is 0.165 e. The van der Waals surface area contributed by atoms with E-state index in [4.69, 9.17) is 11.6 Å². The number of benzene rings is 1. The van der Waals surface area contributed by atoms with Gasteiger partial charge in [-0.2, -0.15) is 9.61 Å². The van der Waals surface area contributed by atoms with E-state index in [2.05, 4.69) is 15.0 Å². The van der Waals surface area contributed by atoms with Gasteiger partial charge in [-0.25, -0.2) is 9.37 Å². The van der Waals surface area contributed by atoms with Crippen LogP contribution in [0, 0.1) is 5.82 Å². The van der Waals surface area contributed by atoms with E-state index >= 15 is 0 Å². The van der Waals surface area contributed by atoms with Crippen molar-refractivity contribution in [3.05, 3.63) is 47.5 Å². The van der Waals surface area contributed by atoms with Crippen LogP contribution in [0.25, 0.3) is 16.8 Å². The zero-order valence-electron chi connectivity index (χ0n) is 12.9. The molecule has 1 N–H and O–H groups in total. The number of anilines is 1. The first-order valence-corrected chi connectivity index (χ1v) is 8.22. The lowest BCUT2D eigenvalue weighted by atomic mass is 10.1. The summed E-state index contributed by atoms with van der Waals surface area (Å²) in [4.78, 5) is 6.62. The van der Waals surface area contributed by atoms with Crippen LogP contribution >= 0.6 is 11.6 Å². The van der Waals surface area contributed by atoms with Gasteiger partial charge in [0.2, 0.25) is 0 Å². The molecule has 0 spiro atoms. The predicted octanol–water partition coefficient (Wildman–Crippen LogP) is 3.15. The minimum Gasteiger partial charge on any atom is -0.393 e. The summed E-state index contributed by atoms with van der Waals surface area (Å²) >= 11 is 5.89. The number of hydrogen-bond acceptors (Lipinski definition) is 4. The second kappa shape index (κ2) is 6.03. The van der Waals surface area contributed by atoms with Crippen LogP contribution in [0.4, 0.5) is 10.2 Å². The number of fused-ring (bicyclic) bond motifs is 1. The molecule has 7 heteroatoms. The van der Waals surface area contributed by atoms with Crippen molar-refractivity contribution < 1.29 is 9.50 Å². The van der Waals surface area contributed by atoms with E-state index in [0.29, 0.717) is 5.65 Å². The van der Waals surface area contributed by atoms with Crippen molar-refractivity contribution in [2.75, 3.05) is 18.0 Å². The number of halogens is 2. The second-order valence-corrected chi connectivity index (χ2v) is 6.35. The molecule has 124 valence electrons. The largest absolute Gasteiger partial charge is 0.393 e. The summed E-state index contributed by atoms with van der Waals surface area (Å²) in [6.45, 7) is 1.55. The zero-order valence-corrected chi connectivity index (χ0v) is 13.6. The van der Waals surface area contributed by atoms with Crippen molar-refractivity contribution in [3.8, 4) is 11.1 Å². The van der Waals surface area contributed by atoms with E-state index in [0.717, 1.165) is 42.9 Å². The zero-order chi connectivity index (χ0) is 16.7. The fraction of sp³-hybridized carbons (Fsp3) is 0.294. The summed E-state index contributed by atoms with van der Waals surface area (Å²) in [5.74, 6) is 0.490. The first-order valence-electron chi connectivity index (χ1n) is 7.84. The van der Waals surface area contributed by atoms with Crippen LogP contribution in [0.5, 0.6) is 0 Å². The van der Waals surface area contributed by atoms with Gasteiger partial charge >= 0.3 is 0 Å². The highest BCUT2D eigenvalue weighted by Crippen LogP contribution is 2.29. The third-order valence-electron chi connectivity index (χ3n) is 4.40. The lowest BCUT2D eigenvalue weighted by Crippen LogP contribution is -2.36. The van der Waals surface area contributed by atoms with Gasteiger partial charge in [-0.15, -0.1) is 0 Å². The lowest BCUT2D eigenvalue weighted by molar-refractivity contribution is 0.145. The van der Waals surface area contributed by atoms with E-state index in [9.17, 15) is 9.50 Å². The Kier molecular flexibility index (Phi) is 3.86. The summed E-state index contributed by atoms with van der Waals surface area (Å²) in [6.07, 6.45) is 4.71. The van der Waals surface area contributed by atoms with Crippen molar-refractivity contribution in [3.63, 3.8) is 0 Å². The molecule has 0 atom stereocenters. The Balaban J connectivity index is 1.77. The Morgan fingerprint density at radius 1 is 1.21 bits per heavy atom. The van der Waals surface area contributed by atoms with Crippen LogP contribution in [-0.4, -0.2) is 38.9 Å². The molecule has 0 aliphatic carbocycles. The second-order valence-electron chi connectivity index (χ2n) is 5.94. The monoisotopic (exact) mass is 346 g/mol. The van der Waals surface area contributed by atoms with Gasteiger partial charge in [0.15, 0.2) is 5.65 Å². The normalized spacial score (nSPS) is 16.0. The Bertz CT molecular complexity index is 889. The fourth-order valence-corrected chi connectivity index (χ4v) is 3.26. The molecule has 4 rings (SSSR count). The third kappa shape index (κ3) is 2.61. The van der Waals surface area contributed by atoms with Crippen molar-refractivity contribution in [1.29, 1.82) is 0 Å². The van der Waals surface area contributed by atoms with E-state index in [1.807, 2.05) is 6.07 Å². The molecule has 24 heavy (non-hydrogen) atoms. The molecule has 1 aliphatic heterocycles. The molecule has 1 aromatic carbocycles. The van der Waals surface area contributed by atoms with Gasteiger partial charge < -0.3 is 10.0 Å². The molecule has 0 unspecified atom stereocenters. The Hall–Kier alpha value is -2.18. The smallest absolute Gasteiger partial charge is 0.165 e. The lowest BCUT2D eigenvalue weighted by Gasteiger charge is -2.31. The summed E-state index contributed by atoms with van der Waals surface area (Å²) < 4.78 is 15.2. The van der Waals surface area contributed by atoms with Crippen molar-refractivity contribution in [1.82, 2.24) is 14.6 Å². The standard InChI is InChI=1S/C17H16ClFN4O/c18-14-9-11(1-2-15(14)19)13-10-21-23-16(3-6-20-17(13)23)22-7-4-12(24)5-8-22/h1-3,6,9-10,12,24H,4-5,7-8H2. The molecule has 3 aromatic rings. The molecule has 1 aliphatic rings. The van der Waals surface area contributed by atoms with Crippen molar-refractivity contribution >= 4 is 23.1 Å². The summed E-state index contributed by atoms with van der Waals surface area (Å²) in [7, 11) is 0. The minimum absolute atomic E-state index is 0.0769. The number of piperidine rings is 1. The molecule has 0 bridgehead atoms. The maximum atomic E-state index is 13.4. The first kappa shape index (κ1) is 15.4. The average molecular weight is 347 g/mol. The van der Waals surface area contributed by atoms with Crippen molar-refractivity contribution in [2.24, 2.45) is 0 Å². The molecule has 0 radical (unpaired) electrons. The van der Waals surface area contributed by atoms with Gasteiger partial charge in [-0.05, 0) is 36.6 Å². The third-order valence-corrected chi connectivity index (χ3v) is 4.69. The number of aliphatic hydroxyl groups excluding tert-OH is 1. The van der Waals surface area contributed by atoms with Crippen LogP contribution in [0.1, 0.15) is 12.8 Å². The van der Waals surface area contributed by atoms with E-state index < -0.39 is 5.82 Å². The van der Waals surface area contributed by atoms with Gasteiger partial charge in [0, 0.05) is 24.8 Å². The van der Waals surface area contributed by atoms with Gasteiger partial charge in [0.1, 0.15) is 11.6 Å². The molecule has 1 fully saturated rings. The number of nitrogens with zero attached hydrogens (tertiary/aromatic N) is 4. The van der Waals surface area contributed by atoms with Crippen LogP contribution in [0.15, 0.2) is 36.7 Å². The highest BCUT2D eigenvalue weighted by molar-refractivity contribution is 6.31. The predicted molar refractivity (Wildman–Crippen MR) is 90.8 cm³/mol. The molecular weight excluding hydrogens is 331 g/mol. The summed E-state index contributed by atoms with van der Waals surface area (Å²) in [5.41, 5.74) is 2.27. The fourth-order valence-electron chi connectivity index (χ4n) is 3.08. The van der Waals surface area contributed by atoms with Crippen LogP contribution < -0.4 is 4.90 Å². The van der Waals surface area contributed by atoms with E-state index in [1.54, 1.807) is 29.0 Å². The Morgan fingerprint density at radius 3 is 2.75 bits per heavy atom. The molecular formula is C17H16ClFN4O. The van der Waals surface area contributed by atoms with Crippen LogP contribution in [0.3, 0.4) is 0 Å². The molecule has 1 saturated heterocycles. The van der Waals surface area contributed by atoms with Gasteiger partial charge in [-0.1, -0.05) is 17.7 Å². The van der Waals surface area contributed by atoms with Crippen LogP contribution in [-0.2, 0) is 0 Å². The van der Waals surface area contributed by atoms with Gasteiger partial charge in [-0.3, -0.25) is 0 Å². The SMILES string of the molecule is OC1CCN(c2ccnc3c(-c4ccc(F)c(Cl)c4)cnn23)CC1.